The van der Waals surface area contributed by atoms with E-state index in [-0.39, 0.29) is 92.9 Å². The van der Waals surface area contributed by atoms with Crippen molar-refractivity contribution in [2.45, 2.75) is 9.79 Å². The molecule has 4 rings (SSSR count). The molecule has 0 heterocycles. The molecule has 172 valence electrons. The fourth-order valence-corrected chi connectivity index (χ4v) is 4.94. The van der Waals surface area contributed by atoms with Gasteiger partial charge in [-0.15, -0.1) is 0 Å². The Balaban J connectivity index is 0.00000216. The molecule has 0 aromatic heterocycles. The summed E-state index contributed by atoms with van der Waals surface area (Å²) in [7, 11) is -9.77. The minimum atomic E-state index is -4.96. The topological polar surface area (TPSA) is 207 Å². The molecule has 3 aromatic carbocycles. The van der Waals surface area contributed by atoms with Crippen LogP contribution in [0.1, 0.15) is 31.8 Å². The summed E-state index contributed by atoms with van der Waals surface area (Å²) in [5.74, 6) is -1.46. The Hall–Kier alpha value is -1.78. The maximum Gasteiger partial charge on any atom is 0.296 e. The number of nitrogens with two attached hydrogens (primary N) is 2. The number of benzene rings is 3. The van der Waals surface area contributed by atoms with Crippen molar-refractivity contribution >= 4 is 114 Å². The van der Waals surface area contributed by atoms with Crippen LogP contribution < -0.4 is 16.8 Å². The van der Waals surface area contributed by atoms with Gasteiger partial charge in [-0.1, -0.05) is 24.3 Å². The van der Waals surface area contributed by atoms with E-state index >= 15 is 0 Å². The van der Waals surface area contributed by atoms with Gasteiger partial charge in [0.15, 0.2) is 11.6 Å². The van der Waals surface area contributed by atoms with E-state index in [4.69, 9.17) is 11.5 Å². The number of anilines is 4. The molecule has 1 aliphatic rings. The molecular weight excluding hydrogens is 520 g/mol. The summed E-state index contributed by atoms with van der Waals surface area (Å²) in [5, 5.41) is 2.56. The average Bonchev–Trinajstić information content (AvgIpc) is 2.72. The zero-order valence-electron chi connectivity index (χ0n) is 18.4. The number of carbonyl (C=O) groups is 2. The largest absolute Gasteiger partial charge is 0.399 e. The number of ketones is 2. The smallest absolute Gasteiger partial charge is 0.296 e. The predicted octanol–water partition coefficient (Wildman–Crippen LogP) is 1.10. The number of hydrogen-bond donors (Lipinski definition) is 5. The molecule has 0 saturated carbocycles. The molecule has 0 saturated heterocycles. The van der Waals surface area contributed by atoms with Crippen LogP contribution in [0.25, 0.3) is 0 Å². The van der Waals surface area contributed by atoms with Crippen molar-refractivity contribution in [1.29, 1.82) is 0 Å². The summed E-state index contributed by atoms with van der Waals surface area (Å²) >= 11 is 0. The third-order valence-corrected chi connectivity index (χ3v) is 6.82. The van der Waals surface area contributed by atoms with Crippen LogP contribution in [0.5, 0.6) is 0 Å². The van der Waals surface area contributed by atoms with Gasteiger partial charge in [-0.05, 0) is 24.3 Å². The van der Waals surface area contributed by atoms with Crippen molar-refractivity contribution in [2.24, 2.45) is 0 Å². The summed E-state index contributed by atoms with van der Waals surface area (Å²) in [4.78, 5) is 24.9. The zero-order chi connectivity index (χ0) is 24.3. The predicted molar refractivity (Wildman–Crippen MR) is 129 cm³/mol. The SMILES string of the molecule is Nc1ccc(Nc2cc(S(=O)(=O)O)c(N)c3c2C(=O)c2ccccc2C3=O)c(S(=O)(=O)O)c1.[Na].[Na]. The Morgan fingerprint density at radius 1 is 0.686 bits per heavy atom. The molecule has 2 radical (unpaired) electrons. The molecule has 0 fully saturated rings. The first-order chi connectivity index (χ1) is 15.3. The van der Waals surface area contributed by atoms with Gasteiger partial charge < -0.3 is 16.8 Å². The maximum atomic E-state index is 13.3. The molecule has 35 heavy (non-hydrogen) atoms. The zero-order valence-corrected chi connectivity index (χ0v) is 24.1. The number of carbonyl (C=O) groups excluding carboxylic acids is 2. The average molecular weight is 535 g/mol. The molecule has 0 bridgehead atoms. The van der Waals surface area contributed by atoms with Crippen LogP contribution in [0.2, 0.25) is 0 Å². The van der Waals surface area contributed by atoms with Crippen molar-refractivity contribution in [3.63, 3.8) is 0 Å². The monoisotopic (exact) mass is 535 g/mol. The van der Waals surface area contributed by atoms with Gasteiger partial charge in [0, 0.05) is 75.9 Å². The number of hydrogen-bond acceptors (Lipinski definition) is 9. The minimum absolute atomic E-state index is 0. The number of nitrogen functional groups attached to an aromatic ring is 2. The van der Waals surface area contributed by atoms with Crippen LogP contribution in [0.4, 0.5) is 22.7 Å². The Bertz CT molecular complexity index is 1610. The first-order valence-electron chi connectivity index (χ1n) is 9.07. The molecule has 0 unspecified atom stereocenters. The van der Waals surface area contributed by atoms with Gasteiger partial charge in [-0.3, -0.25) is 18.7 Å². The number of nitrogens with one attached hydrogen (secondary N) is 1. The summed E-state index contributed by atoms with van der Waals surface area (Å²) < 4.78 is 66.8. The quantitative estimate of drug-likeness (QED) is 0.142. The van der Waals surface area contributed by atoms with E-state index in [1.165, 1.54) is 30.3 Å². The number of fused-ring (bicyclic) bond motifs is 2. The molecule has 0 amide bonds. The Labute approximate surface area is 244 Å². The second-order valence-corrected chi connectivity index (χ2v) is 9.90. The third-order valence-electron chi connectivity index (χ3n) is 5.03. The first kappa shape index (κ1) is 29.5. The van der Waals surface area contributed by atoms with Crippen LogP contribution in [0.15, 0.2) is 58.3 Å². The van der Waals surface area contributed by atoms with Gasteiger partial charge in [0.05, 0.1) is 28.2 Å². The van der Waals surface area contributed by atoms with Gasteiger partial charge in [-0.2, -0.15) is 16.8 Å². The Kier molecular flexibility index (Phi) is 8.67. The standard InChI is InChI=1S/C20H15N3O8S2.2Na/c21-9-5-6-12(14(7-9)32(26,27)28)23-13-8-15(33(29,30)31)18(22)17-16(13)19(24)10-3-1-2-4-11(10)20(17)25;;/h1-8,23H,21-22H2,(H,26,27,28)(H,29,30,31);;. The van der Waals surface area contributed by atoms with Gasteiger partial charge >= 0.3 is 0 Å². The molecule has 0 aliphatic heterocycles. The third kappa shape index (κ3) is 5.34. The van der Waals surface area contributed by atoms with E-state index in [1.807, 2.05) is 0 Å². The van der Waals surface area contributed by atoms with E-state index in [0.717, 1.165) is 18.2 Å². The van der Waals surface area contributed by atoms with Crippen molar-refractivity contribution < 1.29 is 35.5 Å². The van der Waals surface area contributed by atoms with Gasteiger partial charge in [-0.25, -0.2) is 0 Å². The van der Waals surface area contributed by atoms with E-state index in [2.05, 4.69) is 5.32 Å². The fourth-order valence-electron chi connectivity index (χ4n) is 3.61. The molecule has 0 spiro atoms. The fraction of sp³-hybridized carbons (Fsp3) is 0. The van der Waals surface area contributed by atoms with Crippen LogP contribution in [-0.4, -0.2) is 96.6 Å². The van der Waals surface area contributed by atoms with E-state index in [9.17, 15) is 35.5 Å². The molecule has 0 atom stereocenters. The Morgan fingerprint density at radius 3 is 1.71 bits per heavy atom. The van der Waals surface area contributed by atoms with Gasteiger partial charge in [0.25, 0.3) is 20.2 Å². The van der Waals surface area contributed by atoms with Crippen LogP contribution in [0, 0.1) is 0 Å². The summed E-state index contributed by atoms with van der Waals surface area (Å²) in [6.45, 7) is 0. The van der Waals surface area contributed by atoms with Crippen molar-refractivity contribution in [1.82, 2.24) is 0 Å². The molecule has 1 aliphatic carbocycles. The van der Waals surface area contributed by atoms with E-state index in [1.54, 1.807) is 0 Å². The van der Waals surface area contributed by atoms with Crippen molar-refractivity contribution in [2.75, 3.05) is 16.8 Å². The van der Waals surface area contributed by atoms with Crippen LogP contribution >= 0.6 is 0 Å². The summed E-state index contributed by atoms with van der Waals surface area (Å²) in [6.07, 6.45) is 0. The van der Waals surface area contributed by atoms with E-state index in [0.29, 0.717) is 0 Å². The number of rotatable bonds is 4. The molecule has 15 heteroatoms. The Morgan fingerprint density at radius 2 is 1.20 bits per heavy atom. The summed E-state index contributed by atoms with van der Waals surface area (Å²) in [5.41, 5.74) is 9.41. The maximum absolute atomic E-state index is 13.3. The summed E-state index contributed by atoms with van der Waals surface area (Å²) in [6, 6.07) is 9.96. The minimum Gasteiger partial charge on any atom is -0.399 e. The second kappa shape index (κ2) is 10.3. The first-order valence-corrected chi connectivity index (χ1v) is 11.9. The van der Waals surface area contributed by atoms with Crippen LogP contribution in [0.3, 0.4) is 0 Å². The van der Waals surface area contributed by atoms with Crippen molar-refractivity contribution in [3.05, 3.63) is 70.8 Å². The molecular formula is C20H15N3Na2O8S2. The van der Waals surface area contributed by atoms with Gasteiger partial charge in [0.1, 0.15) is 9.79 Å². The second-order valence-electron chi connectivity index (χ2n) is 7.12. The van der Waals surface area contributed by atoms with E-state index < -0.39 is 52.8 Å². The van der Waals surface area contributed by atoms with Crippen LogP contribution in [-0.2, 0) is 20.2 Å². The molecule has 7 N–H and O–H groups in total. The van der Waals surface area contributed by atoms with Gasteiger partial charge in [0.2, 0.25) is 0 Å². The normalized spacial score (nSPS) is 12.6. The van der Waals surface area contributed by atoms with Crippen molar-refractivity contribution in [3.8, 4) is 0 Å². The molecule has 3 aromatic rings. The molecule has 11 nitrogen and oxygen atoms in total.